The molecule has 1 aliphatic heterocycles. The van der Waals surface area contributed by atoms with Crippen LogP contribution in [0.4, 0.5) is 17.1 Å². The highest BCUT2D eigenvalue weighted by atomic mass is 35.5. The van der Waals surface area contributed by atoms with Gasteiger partial charge in [0, 0.05) is 40.2 Å². The molecule has 0 spiro atoms. The Bertz CT molecular complexity index is 692. The van der Waals surface area contributed by atoms with Crippen molar-refractivity contribution in [2.45, 2.75) is 12.8 Å². The van der Waals surface area contributed by atoms with Crippen LogP contribution >= 0.6 is 23.2 Å². The van der Waals surface area contributed by atoms with Gasteiger partial charge in [0.2, 0.25) is 5.91 Å². The van der Waals surface area contributed by atoms with Crippen molar-refractivity contribution in [2.24, 2.45) is 0 Å². The van der Waals surface area contributed by atoms with Gasteiger partial charge in [-0.2, -0.15) is 0 Å². The lowest BCUT2D eigenvalue weighted by Gasteiger charge is -2.18. The monoisotopic (exact) mass is 363 g/mol. The van der Waals surface area contributed by atoms with Gasteiger partial charge in [-0.05, 0) is 55.3 Å². The molecule has 24 heavy (non-hydrogen) atoms. The molecule has 1 heterocycles. The maximum Gasteiger partial charge on any atom is 0.243 e. The molecule has 0 unspecified atom stereocenters. The standard InChI is InChI=1S/C18H19Cl2N3O/c19-13-9-14(20)11-16(10-13)22-18(24)12-21-15-3-5-17(6-4-15)23-7-1-2-8-23/h3-6,9-11,21H,1-2,7-8,12H2,(H,22,24). The fourth-order valence-corrected chi connectivity index (χ4v) is 3.30. The highest BCUT2D eigenvalue weighted by molar-refractivity contribution is 6.35. The van der Waals surface area contributed by atoms with Gasteiger partial charge in [-0.25, -0.2) is 0 Å². The normalized spacial score (nSPS) is 13.8. The molecule has 0 atom stereocenters. The predicted molar refractivity (Wildman–Crippen MR) is 101 cm³/mol. The lowest BCUT2D eigenvalue weighted by molar-refractivity contribution is -0.114. The van der Waals surface area contributed by atoms with Crippen LogP contribution in [0.5, 0.6) is 0 Å². The van der Waals surface area contributed by atoms with Crippen molar-refractivity contribution in [3.05, 3.63) is 52.5 Å². The van der Waals surface area contributed by atoms with Crippen LogP contribution in [0.1, 0.15) is 12.8 Å². The third-order valence-corrected chi connectivity index (χ3v) is 4.37. The van der Waals surface area contributed by atoms with Gasteiger partial charge in [0.25, 0.3) is 0 Å². The summed E-state index contributed by atoms with van der Waals surface area (Å²) in [7, 11) is 0. The molecule has 0 aliphatic carbocycles. The number of halogens is 2. The first-order valence-corrected chi connectivity index (χ1v) is 8.70. The van der Waals surface area contributed by atoms with E-state index in [1.54, 1.807) is 18.2 Å². The Labute approximate surface area is 151 Å². The van der Waals surface area contributed by atoms with Crippen molar-refractivity contribution in [3.63, 3.8) is 0 Å². The van der Waals surface area contributed by atoms with E-state index in [-0.39, 0.29) is 12.5 Å². The molecule has 2 aromatic carbocycles. The van der Waals surface area contributed by atoms with Crippen molar-refractivity contribution >= 4 is 46.2 Å². The smallest absolute Gasteiger partial charge is 0.243 e. The Morgan fingerprint density at radius 3 is 2.21 bits per heavy atom. The Hall–Kier alpha value is -1.91. The van der Waals surface area contributed by atoms with Crippen LogP contribution in [-0.4, -0.2) is 25.5 Å². The number of carbonyl (C=O) groups is 1. The summed E-state index contributed by atoms with van der Waals surface area (Å²) in [6, 6.07) is 13.1. The average molecular weight is 364 g/mol. The lowest BCUT2D eigenvalue weighted by atomic mass is 10.2. The van der Waals surface area contributed by atoms with E-state index < -0.39 is 0 Å². The molecule has 3 rings (SSSR count). The Balaban J connectivity index is 1.52. The third kappa shape index (κ3) is 4.56. The molecule has 0 radical (unpaired) electrons. The molecule has 0 aromatic heterocycles. The van der Waals surface area contributed by atoms with Crippen molar-refractivity contribution in [1.82, 2.24) is 0 Å². The van der Waals surface area contributed by atoms with Crippen molar-refractivity contribution in [1.29, 1.82) is 0 Å². The molecule has 0 saturated carbocycles. The molecule has 126 valence electrons. The summed E-state index contributed by atoms with van der Waals surface area (Å²) in [6.45, 7) is 2.42. The highest BCUT2D eigenvalue weighted by Crippen LogP contribution is 2.23. The van der Waals surface area contributed by atoms with Crippen LogP contribution in [-0.2, 0) is 4.79 Å². The number of hydrogen-bond acceptors (Lipinski definition) is 3. The van der Waals surface area contributed by atoms with Crippen LogP contribution in [0.2, 0.25) is 10.0 Å². The molecule has 2 aromatic rings. The van der Waals surface area contributed by atoms with Crippen LogP contribution < -0.4 is 15.5 Å². The second kappa shape index (κ2) is 7.77. The molecule has 1 aliphatic rings. The second-order valence-corrected chi connectivity index (χ2v) is 6.67. The summed E-state index contributed by atoms with van der Waals surface area (Å²) >= 11 is 11.8. The summed E-state index contributed by atoms with van der Waals surface area (Å²) in [5.41, 5.74) is 2.73. The molecule has 4 nitrogen and oxygen atoms in total. The molecular weight excluding hydrogens is 345 g/mol. The van der Waals surface area contributed by atoms with Crippen molar-refractivity contribution in [2.75, 3.05) is 35.2 Å². The SMILES string of the molecule is O=C(CNc1ccc(N2CCCC2)cc1)Nc1cc(Cl)cc(Cl)c1. The van der Waals surface area contributed by atoms with E-state index in [2.05, 4.69) is 27.7 Å². The quantitative estimate of drug-likeness (QED) is 0.812. The number of anilines is 3. The maximum atomic E-state index is 12.0. The fraction of sp³-hybridized carbons (Fsp3) is 0.278. The van der Waals surface area contributed by atoms with Crippen LogP contribution in [0.15, 0.2) is 42.5 Å². The van der Waals surface area contributed by atoms with E-state index in [1.807, 2.05) is 12.1 Å². The van der Waals surface area contributed by atoms with E-state index in [0.29, 0.717) is 15.7 Å². The zero-order valence-corrected chi connectivity index (χ0v) is 14.7. The topological polar surface area (TPSA) is 44.4 Å². The van der Waals surface area contributed by atoms with E-state index in [0.717, 1.165) is 18.8 Å². The Kier molecular flexibility index (Phi) is 5.48. The second-order valence-electron chi connectivity index (χ2n) is 5.80. The minimum absolute atomic E-state index is 0.156. The van der Waals surface area contributed by atoms with Gasteiger partial charge < -0.3 is 15.5 Å². The molecule has 6 heteroatoms. The van der Waals surface area contributed by atoms with Gasteiger partial charge in [0.15, 0.2) is 0 Å². The largest absolute Gasteiger partial charge is 0.376 e. The number of nitrogens with zero attached hydrogens (tertiary/aromatic N) is 1. The predicted octanol–water partition coefficient (Wildman–Crippen LogP) is 4.64. The van der Waals surface area contributed by atoms with Gasteiger partial charge in [0.05, 0.1) is 6.54 Å². The van der Waals surface area contributed by atoms with Gasteiger partial charge >= 0.3 is 0 Å². The lowest BCUT2D eigenvalue weighted by Crippen LogP contribution is -2.22. The van der Waals surface area contributed by atoms with E-state index >= 15 is 0 Å². The first-order chi connectivity index (χ1) is 11.6. The molecule has 1 amide bonds. The third-order valence-electron chi connectivity index (χ3n) is 3.94. The zero-order valence-electron chi connectivity index (χ0n) is 13.2. The molecule has 2 N–H and O–H groups in total. The first-order valence-electron chi connectivity index (χ1n) is 7.95. The van der Waals surface area contributed by atoms with E-state index in [9.17, 15) is 4.79 Å². The van der Waals surface area contributed by atoms with Crippen LogP contribution in [0.25, 0.3) is 0 Å². The van der Waals surface area contributed by atoms with Crippen LogP contribution in [0.3, 0.4) is 0 Å². The summed E-state index contributed by atoms with van der Waals surface area (Å²) in [6.07, 6.45) is 2.52. The summed E-state index contributed by atoms with van der Waals surface area (Å²) in [5, 5.41) is 6.86. The molecule has 1 saturated heterocycles. The highest BCUT2D eigenvalue weighted by Gasteiger charge is 2.11. The number of rotatable bonds is 5. The number of hydrogen-bond donors (Lipinski definition) is 2. The van der Waals surface area contributed by atoms with Gasteiger partial charge in [-0.15, -0.1) is 0 Å². The number of carbonyl (C=O) groups excluding carboxylic acids is 1. The molecule has 0 bridgehead atoms. The van der Waals surface area contributed by atoms with Crippen molar-refractivity contribution < 1.29 is 4.79 Å². The zero-order chi connectivity index (χ0) is 16.9. The maximum absolute atomic E-state index is 12.0. The van der Waals surface area contributed by atoms with Crippen molar-refractivity contribution in [3.8, 4) is 0 Å². The number of nitrogens with one attached hydrogen (secondary N) is 2. The van der Waals surface area contributed by atoms with Gasteiger partial charge in [0.1, 0.15) is 0 Å². The van der Waals surface area contributed by atoms with Gasteiger partial charge in [-0.1, -0.05) is 23.2 Å². The van der Waals surface area contributed by atoms with Gasteiger partial charge in [-0.3, -0.25) is 4.79 Å². The number of benzene rings is 2. The van der Waals surface area contributed by atoms with Crippen LogP contribution in [0, 0.1) is 0 Å². The Morgan fingerprint density at radius 1 is 0.958 bits per heavy atom. The minimum Gasteiger partial charge on any atom is -0.376 e. The first kappa shape index (κ1) is 16.9. The van der Waals surface area contributed by atoms with E-state index in [1.165, 1.54) is 18.5 Å². The molecule has 1 fully saturated rings. The minimum atomic E-state index is -0.156. The average Bonchev–Trinajstić information content (AvgIpc) is 3.07. The Morgan fingerprint density at radius 2 is 1.58 bits per heavy atom. The fourth-order valence-electron chi connectivity index (χ4n) is 2.78. The molecular formula is C18H19Cl2N3O. The summed E-state index contributed by atoms with van der Waals surface area (Å²) in [4.78, 5) is 14.4. The number of amides is 1. The summed E-state index contributed by atoms with van der Waals surface area (Å²) in [5.74, 6) is -0.156. The van der Waals surface area contributed by atoms with E-state index in [4.69, 9.17) is 23.2 Å². The summed E-state index contributed by atoms with van der Waals surface area (Å²) < 4.78 is 0.